The first-order valence-corrected chi connectivity index (χ1v) is 10.6. The first kappa shape index (κ1) is 18.6. The molecule has 2 aliphatic heterocycles. The van der Waals surface area contributed by atoms with Gasteiger partial charge in [0, 0.05) is 54.0 Å². The Balaban J connectivity index is 1.49. The van der Waals surface area contributed by atoms with E-state index >= 15 is 0 Å². The molecule has 2 saturated heterocycles. The Morgan fingerprint density at radius 2 is 1.97 bits per heavy atom. The predicted molar refractivity (Wildman–Crippen MR) is 118 cm³/mol. The van der Waals surface area contributed by atoms with Crippen LogP contribution < -0.4 is 9.64 Å². The summed E-state index contributed by atoms with van der Waals surface area (Å²) in [6.07, 6.45) is 4.60. The summed E-state index contributed by atoms with van der Waals surface area (Å²) in [7, 11) is 1.67. The lowest BCUT2D eigenvalue weighted by Gasteiger charge is -2.39. The van der Waals surface area contributed by atoms with Crippen molar-refractivity contribution in [1.82, 2.24) is 9.47 Å². The number of halogens is 1. The van der Waals surface area contributed by atoms with Gasteiger partial charge in [-0.15, -0.1) is 0 Å². The molecule has 1 atom stereocenters. The molecule has 0 amide bonds. The van der Waals surface area contributed by atoms with Crippen LogP contribution in [-0.2, 0) is 6.54 Å². The maximum absolute atomic E-state index is 10.9. The number of piperazine rings is 1. The molecule has 0 radical (unpaired) electrons. The number of hydrogen-bond donors (Lipinski definition) is 1. The SMILES string of the molecule is COc1cc(N2CCN3CCCC3C2)cc2cn(Cc3ccc(Cl)cc3)c(O)c12. The van der Waals surface area contributed by atoms with Crippen LogP contribution in [0.1, 0.15) is 18.4 Å². The maximum atomic E-state index is 10.9. The molecule has 1 unspecified atom stereocenters. The van der Waals surface area contributed by atoms with E-state index in [1.165, 1.54) is 25.1 Å². The third-order valence-electron chi connectivity index (χ3n) is 6.35. The molecule has 3 heterocycles. The van der Waals surface area contributed by atoms with Crippen LogP contribution >= 0.6 is 11.6 Å². The van der Waals surface area contributed by atoms with Crippen LogP contribution in [0.4, 0.5) is 5.69 Å². The minimum Gasteiger partial charge on any atom is -0.496 e. The second kappa shape index (κ2) is 7.47. The lowest BCUT2D eigenvalue weighted by atomic mass is 10.1. The number of nitrogens with zero attached hydrogens (tertiary/aromatic N) is 3. The zero-order valence-electron chi connectivity index (χ0n) is 16.6. The summed E-state index contributed by atoms with van der Waals surface area (Å²) in [4.78, 5) is 5.07. The third kappa shape index (κ3) is 3.43. The van der Waals surface area contributed by atoms with Crippen molar-refractivity contribution in [3.8, 4) is 11.6 Å². The smallest absolute Gasteiger partial charge is 0.203 e. The minimum atomic E-state index is 0.235. The molecule has 5 rings (SSSR count). The lowest BCUT2D eigenvalue weighted by molar-refractivity contribution is 0.231. The van der Waals surface area contributed by atoms with Gasteiger partial charge < -0.3 is 19.3 Å². The Morgan fingerprint density at radius 3 is 2.76 bits per heavy atom. The highest BCUT2D eigenvalue weighted by Crippen LogP contribution is 2.39. The second-order valence-corrected chi connectivity index (χ2v) is 8.53. The predicted octanol–water partition coefficient (Wildman–Crippen LogP) is 4.34. The van der Waals surface area contributed by atoms with Gasteiger partial charge in [-0.3, -0.25) is 4.90 Å². The average Bonchev–Trinajstić information content (AvgIpc) is 3.33. The Morgan fingerprint density at radius 1 is 1.14 bits per heavy atom. The Labute approximate surface area is 176 Å². The van der Waals surface area contributed by atoms with Gasteiger partial charge in [0.2, 0.25) is 5.88 Å². The topological polar surface area (TPSA) is 40.9 Å². The molecule has 0 spiro atoms. The van der Waals surface area contributed by atoms with Crippen molar-refractivity contribution in [2.45, 2.75) is 25.4 Å². The van der Waals surface area contributed by atoms with Crippen LogP contribution in [-0.4, -0.2) is 53.9 Å². The molecule has 29 heavy (non-hydrogen) atoms. The summed E-state index contributed by atoms with van der Waals surface area (Å²) in [5.41, 5.74) is 2.26. The maximum Gasteiger partial charge on any atom is 0.203 e. The molecular weight excluding hydrogens is 386 g/mol. The minimum absolute atomic E-state index is 0.235. The fourth-order valence-corrected chi connectivity index (χ4v) is 4.94. The standard InChI is InChI=1S/C23H26ClN3O2/c1-29-21-12-20(26-10-9-25-8-2-3-19(25)15-26)11-17-14-27(23(28)22(17)21)13-16-4-6-18(24)7-5-16/h4-7,11-12,14,19,28H,2-3,8-10,13,15H2,1H3. The molecule has 5 nitrogen and oxygen atoms in total. The van der Waals surface area contributed by atoms with Crippen LogP contribution in [0.25, 0.3) is 10.8 Å². The van der Waals surface area contributed by atoms with Gasteiger partial charge in [0.1, 0.15) is 5.75 Å². The molecule has 0 saturated carbocycles. The molecule has 3 aromatic rings. The van der Waals surface area contributed by atoms with E-state index in [0.29, 0.717) is 17.6 Å². The second-order valence-electron chi connectivity index (χ2n) is 8.10. The number of benzene rings is 2. The Bertz CT molecular complexity index is 1030. The number of hydrogen-bond acceptors (Lipinski definition) is 4. The number of aromatic nitrogens is 1. The van der Waals surface area contributed by atoms with Crippen molar-refractivity contribution < 1.29 is 9.84 Å². The van der Waals surface area contributed by atoms with E-state index in [1.807, 2.05) is 35.0 Å². The summed E-state index contributed by atoms with van der Waals surface area (Å²) in [5.74, 6) is 0.956. The van der Waals surface area contributed by atoms with Crippen molar-refractivity contribution in [3.63, 3.8) is 0 Å². The van der Waals surface area contributed by atoms with Crippen molar-refractivity contribution in [2.24, 2.45) is 0 Å². The number of aromatic hydroxyl groups is 1. The van der Waals surface area contributed by atoms with Gasteiger partial charge in [-0.05, 0) is 43.1 Å². The molecule has 152 valence electrons. The molecule has 6 heteroatoms. The lowest BCUT2D eigenvalue weighted by Crippen LogP contribution is -2.50. The monoisotopic (exact) mass is 411 g/mol. The highest BCUT2D eigenvalue weighted by atomic mass is 35.5. The summed E-state index contributed by atoms with van der Waals surface area (Å²) in [5, 5.41) is 13.4. The molecule has 0 bridgehead atoms. The van der Waals surface area contributed by atoms with Crippen LogP contribution in [0.2, 0.25) is 5.02 Å². The van der Waals surface area contributed by atoms with Gasteiger partial charge in [0.15, 0.2) is 0 Å². The molecular formula is C23H26ClN3O2. The molecule has 2 aliphatic rings. The summed E-state index contributed by atoms with van der Waals surface area (Å²) in [6, 6.07) is 12.6. The van der Waals surface area contributed by atoms with E-state index in [4.69, 9.17) is 16.3 Å². The van der Waals surface area contributed by atoms with Gasteiger partial charge in [-0.1, -0.05) is 23.7 Å². The first-order valence-electron chi connectivity index (χ1n) is 10.3. The number of fused-ring (bicyclic) bond motifs is 2. The summed E-state index contributed by atoms with van der Waals surface area (Å²) >= 11 is 5.99. The number of rotatable bonds is 4. The van der Waals surface area contributed by atoms with E-state index in [2.05, 4.69) is 21.9 Å². The van der Waals surface area contributed by atoms with Crippen molar-refractivity contribution in [1.29, 1.82) is 0 Å². The zero-order chi connectivity index (χ0) is 20.0. The van der Waals surface area contributed by atoms with Crippen molar-refractivity contribution in [2.75, 3.05) is 38.2 Å². The number of anilines is 1. The Hall–Kier alpha value is -2.37. The number of ether oxygens (including phenoxy) is 1. The normalized spacial score (nSPS) is 19.7. The van der Waals surface area contributed by atoms with Crippen LogP contribution in [0, 0.1) is 0 Å². The first-order chi connectivity index (χ1) is 14.1. The van der Waals surface area contributed by atoms with Gasteiger partial charge in [-0.25, -0.2) is 0 Å². The van der Waals surface area contributed by atoms with Gasteiger partial charge >= 0.3 is 0 Å². The quantitative estimate of drug-likeness (QED) is 0.693. The molecule has 1 N–H and O–H groups in total. The zero-order valence-corrected chi connectivity index (χ0v) is 17.4. The highest BCUT2D eigenvalue weighted by molar-refractivity contribution is 6.30. The molecule has 2 fully saturated rings. The van der Waals surface area contributed by atoms with Crippen LogP contribution in [0.5, 0.6) is 11.6 Å². The van der Waals surface area contributed by atoms with Crippen molar-refractivity contribution in [3.05, 3.63) is 53.2 Å². The van der Waals surface area contributed by atoms with E-state index < -0.39 is 0 Å². The Kier molecular flexibility index (Phi) is 4.80. The fraction of sp³-hybridized carbons (Fsp3) is 0.391. The van der Waals surface area contributed by atoms with Crippen LogP contribution in [0.15, 0.2) is 42.6 Å². The van der Waals surface area contributed by atoms with E-state index in [0.717, 1.165) is 41.7 Å². The van der Waals surface area contributed by atoms with E-state index in [-0.39, 0.29) is 5.88 Å². The largest absolute Gasteiger partial charge is 0.496 e. The summed E-state index contributed by atoms with van der Waals surface area (Å²) < 4.78 is 7.55. The third-order valence-corrected chi connectivity index (χ3v) is 6.60. The van der Waals surface area contributed by atoms with E-state index in [9.17, 15) is 5.11 Å². The van der Waals surface area contributed by atoms with Gasteiger partial charge in [-0.2, -0.15) is 0 Å². The molecule has 1 aromatic heterocycles. The molecule has 2 aromatic carbocycles. The molecule has 0 aliphatic carbocycles. The van der Waals surface area contributed by atoms with Gasteiger partial charge in [0.25, 0.3) is 0 Å². The van der Waals surface area contributed by atoms with Crippen molar-refractivity contribution >= 4 is 28.1 Å². The fourth-order valence-electron chi connectivity index (χ4n) is 4.81. The highest BCUT2D eigenvalue weighted by Gasteiger charge is 2.31. The number of methoxy groups -OCH3 is 1. The average molecular weight is 412 g/mol. The van der Waals surface area contributed by atoms with Gasteiger partial charge in [0.05, 0.1) is 19.0 Å². The van der Waals surface area contributed by atoms with E-state index in [1.54, 1.807) is 7.11 Å². The van der Waals surface area contributed by atoms with Crippen LogP contribution in [0.3, 0.4) is 0 Å². The summed E-state index contributed by atoms with van der Waals surface area (Å²) in [6.45, 7) is 5.03.